The highest BCUT2D eigenvalue weighted by Crippen LogP contribution is 2.31. The average Bonchev–Trinajstić information content (AvgIpc) is 2.61. The second-order valence-corrected chi connectivity index (χ2v) is 6.24. The largest absolute Gasteiger partial charge is 0.508 e. The molecular weight excluding hydrogens is 324 g/mol. The highest BCUT2D eigenvalue weighted by molar-refractivity contribution is 7.98. The molecule has 1 aliphatic heterocycles. The molecule has 0 spiro atoms. The van der Waals surface area contributed by atoms with Gasteiger partial charge in [-0.2, -0.15) is 0 Å². The van der Waals surface area contributed by atoms with E-state index in [4.69, 9.17) is 0 Å². The van der Waals surface area contributed by atoms with Gasteiger partial charge in [0.25, 0.3) is 6.17 Å². The number of thioether (sulfide) groups is 1. The van der Waals surface area contributed by atoms with Crippen LogP contribution in [0.3, 0.4) is 0 Å². The standard InChI is InChI=1S/C17H14N4O2S/c1-24-17-19-16(23)14-12-4-2-3-5-13(12)18-15(21(14)20-17)10-6-8-11(22)9-7-10/h2-9,15H,1H3,(H2,19,20,22,23)/p+1/t15-/m0/s1. The van der Waals surface area contributed by atoms with E-state index in [1.807, 2.05) is 42.7 Å². The van der Waals surface area contributed by atoms with Crippen molar-refractivity contribution < 1.29 is 9.79 Å². The van der Waals surface area contributed by atoms with Crippen molar-refractivity contribution in [2.45, 2.75) is 11.3 Å². The Morgan fingerprint density at radius 3 is 2.67 bits per heavy atom. The van der Waals surface area contributed by atoms with Crippen molar-refractivity contribution in [3.05, 3.63) is 64.4 Å². The Morgan fingerprint density at radius 1 is 1.17 bits per heavy atom. The van der Waals surface area contributed by atoms with Crippen LogP contribution in [-0.4, -0.2) is 21.4 Å². The summed E-state index contributed by atoms with van der Waals surface area (Å²) in [5.74, 6) is 0.198. The molecule has 4 rings (SSSR count). The minimum Gasteiger partial charge on any atom is -0.508 e. The zero-order chi connectivity index (χ0) is 16.7. The molecule has 0 unspecified atom stereocenters. The molecule has 0 fully saturated rings. The summed E-state index contributed by atoms with van der Waals surface area (Å²) in [6.07, 6.45) is 1.54. The molecule has 3 aromatic rings. The molecule has 2 aromatic carbocycles. The van der Waals surface area contributed by atoms with Crippen molar-refractivity contribution in [2.24, 2.45) is 0 Å². The van der Waals surface area contributed by atoms with E-state index in [1.54, 1.807) is 16.8 Å². The Kier molecular flexibility index (Phi) is 3.50. The molecule has 6 nitrogen and oxygen atoms in total. The number of anilines is 1. The van der Waals surface area contributed by atoms with Crippen LogP contribution in [0.1, 0.15) is 11.7 Å². The summed E-state index contributed by atoms with van der Waals surface area (Å²) in [6, 6.07) is 14.5. The van der Waals surface area contributed by atoms with Crippen LogP contribution in [0.2, 0.25) is 0 Å². The number of nitrogens with zero attached hydrogens (tertiary/aromatic N) is 2. The Morgan fingerprint density at radius 2 is 1.92 bits per heavy atom. The lowest BCUT2D eigenvalue weighted by atomic mass is 10.0. The van der Waals surface area contributed by atoms with Gasteiger partial charge < -0.3 is 10.4 Å². The third kappa shape index (κ3) is 2.33. The van der Waals surface area contributed by atoms with Crippen LogP contribution < -0.4 is 15.6 Å². The van der Waals surface area contributed by atoms with E-state index in [1.165, 1.54) is 11.8 Å². The predicted molar refractivity (Wildman–Crippen MR) is 92.1 cm³/mol. The number of aromatic nitrogens is 3. The summed E-state index contributed by atoms with van der Waals surface area (Å²) in [5, 5.41) is 18.1. The van der Waals surface area contributed by atoms with E-state index in [0.29, 0.717) is 10.9 Å². The maximum absolute atomic E-state index is 12.6. The molecule has 1 aliphatic rings. The van der Waals surface area contributed by atoms with E-state index in [-0.39, 0.29) is 17.5 Å². The molecule has 7 heteroatoms. The maximum Gasteiger partial charge on any atom is 0.325 e. The molecule has 0 bridgehead atoms. The molecule has 0 saturated heterocycles. The first kappa shape index (κ1) is 14.8. The molecular formula is C17H15N4O2S+. The van der Waals surface area contributed by atoms with Crippen LogP contribution >= 0.6 is 11.8 Å². The molecule has 0 radical (unpaired) electrons. The van der Waals surface area contributed by atoms with Crippen LogP contribution in [0.25, 0.3) is 11.3 Å². The molecule has 1 atom stereocenters. The van der Waals surface area contributed by atoms with Crippen LogP contribution in [0.5, 0.6) is 5.75 Å². The summed E-state index contributed by atoms with van der Waals surface area (Å²) in [4.78, 5) is 15.5. The number of fused-ring (bicyclic) bond motifs is 3. The summed E-state index contributed by atoms with van der Waals surface area (Å²) < 4.78 is 1.71. The van der Waals surface area contributed by atoms with Crippen molar-refractivity contribution in [2.75, 3.05) is 11.6 Å². The number of phenols is 1. The van der Waals surface area contributed by atoms with E-state index < -0.39 is 0 Å². The van der Waals surface area contributed by atoms with Gasteiger partial charge in [0.1, 0.15) is 5.75 Å². The van der Waals surface area contributed by atoms with Crippen molar-refractivity contribution in [1.82, 2.24) is 10.1 Å². The number of para-hydroxylation sites is 1. The van der Waals surface area contributed by atoms with Gasteiger partial charge in [-0.05, 0) is 47.3 Å². The first-order valence-corrected chi connectivity index (χ1v) is 8.65. The first-order chi connectivity index (χ1) is 11.7. The number of nitrogens with one attached hydrogen (secondary N) is 2. The number of hydrogen-bond donors (Lipinski definition) is 3. The Balaban J connectivity index is 1.98. The van der Waals surface area contributed by atoms with Gasteiger partial charge in [0, 0.05) is 10.7 Å². The summed E-state index contributed by atoms with van der Waals surface area (Å²) in [7, 11) is 0. The molecule has 1 aromatic heterocycles. The highest BCUT2D eigenvalue weighted by Gasteiger charge is 2.37. The van der Waals surface area contributed by atoms with Gasteiger partial charge in [-0.15, -0.1) is 0 Å². The number of hydrogen-bond acceptors (Lipinski definition) is 5. The summed E-state index contributed by atoms with van der Waals surface area (Å²) in [5.41, 5.74) is 2.93. The second-order valence-electron chi connectivity index (χ2n) is 5.44. The molecule has 0 saturated carbocycles. The van der Waals surface area contributed by atoms with Crippen molar-refractivity contribution >= 4 is 17.4 Å². The SMILES string of the molecule is CSc1n[n+]2c(c(=O)[nH]1)-c1ccccc1N[C@@H]2c1ccc(O)cc1. The summed E-state index contributed by atoms with van der Waals surface area (Å²) in [6.45, 7) is 0. The topological polar surface area (TPSA) is 81.9 Å². The fourth-order valence-corrected chi connectivity index (χ4v) is 3.23. The number of benzene rings is 2. The Hall–Kier alpha value is -2.80. The monoisotopic (exact) mass is 339 g/mol. The lowest BCUT2D eigenvalue weighted by molar-refractivity contribution is -0.759. The van der Waals surface area contributed by atoms with Crippen LogP contribution in [0, 0.1) is 0 Å². The van der Waals surface area contributed by atoms with E-state index in [0.717, 1.165) is 16.8 Å². The minimum absolute atomic E-state index is 0.174. The predicted octanol–water partition coefficient (Wildman–Crippen LogP) is 2.12. The highest BCUT2D eigenvalue weighted by atomic mass is 32.2. The van der Waals surface area contributed by atoms with Crippen LogP contribution in [0.15, 0.2) is 58.5 Å². The number of aromatic hydroxyl groups is 1. The normalized spacial score (nSPS) is 15.3. The maximum atomic E-state index is 12.6. The number of phenolic OH excluding ortho intramolecular Hbond substituents is 1. The number of aromatic amines is 1. The lowest BCUT2D eigenvalue weighted by Gasteiger charge is -2.22. The molecule has 2 heterocycles. The van der Waals surface area contributed by atoms with Gasteiger partial charge in [-0.25, -0.2) is 0 Å². The van der Waals surface area contributed by atoms with Crippen molar-refractivity contribution in [3.63, 3.8) is 0 Å². The molecule has 24 heavy (non-hydrogen) atoms. The van der Waals surface area contributed by atoms with Crippen LogP contribution in [-0.2, 0) is 0 Å². The zero-order valence-electron chi connectivity index (χ0n) is 12.9. The molecule has 0 aliphatic carbocycles. The smallest absolute Gasteiger partial charge is 0.325 e. The fraction of sp³-hybridized carbons (Fsp3) is 0.118. The molecule has 0 amide bonds. The third-order valence-corrected chi connectivity index (χ3v) is 4.55. The second kappa shape index (κ2) is 5.68. The quantitative estimate of drug-likeness (QED) is 0.492. The number of H-pyrrole nitrogens is 1. The number of rotatable bonds is 2. The van der Waals surface area contributed by atoms with Gasteiger partial charge in [0.05, 0.1) is 11.3 Å². The van der Waals surface area contributed by atoms with Gasteiger partial charge in [0.15, 0.2) is 0 Å². The van der Waals surface area contributed by atoms with Gasteiger partial charge in [-0.1, -0.05) is 23.9 Å². The van der Waals surface area contributed by atoms with E-state index >= 15 is 0 Å². The van der Waals surface area contributed by atoms with Gasteiger partial charge >= 0.3 is 11.3 Å². The average molecular weight is 339 g/mol. The molecule has 120 valence electrons. The van der Waals surface area contributed by atoms with E-state index in [9.17, 15) is 9.90 Å². The van der Waals surface area contributed by atoms with Crippen molar-refractivity contribution in [1.29, 1.82) is 0 Å². The van der Waals surface area contributed by atoms with E-state index in [2.05, 4.69) is 15.4 Å². The molecule has 3 N–H and O–H groups in total. The third-order valence-electron chi connectivity index (χ3n) is 3.98. The Labute approximate surface area is 142 Å². The fourth-order valence-electron chi connectivity index (χ4n) is 2.86. The van der Waals surface area contributed by atoms with Crippen LogP contribution in [0.4, 0.5) is 5.69 Å². The minimum atomic E-state index is -0.330. The van der Waals surface area contributed by atoms with Gasteiger partial charge in [0.2, 0.25) is 5.16 Å². The Bertz CT molecular complexity index is 969. The summed E-state index contributed by atoms with van der Waals surface area (Å²) >= 11 is 1.38. The lowest BCUT2D eigenvalue weighted by Crippen LogP contribution is -2.55. The van der Waals surface area contributed by atoms with Gasteiger partial charge in [-0.3, -0.25) is 9.78 Å². The zero-order valence-corrected chi connectivity index (χ0v) is 13.7. The van der Waals surface area contributed by atoms with Crippen molar-refractivity contribution in [3.8, 4) is 17.0 Å². The first-order valence-electron chi connectivity index (χ1n) is 7.42.